The second-order valence-electron chi connectivity index (χ2n) is 7.33. The van der Waals surface area contributed by atoms with Crippen molar-refractivity contribution in [1.82, 2.24) is 10.2 Å². The lowest BCUT2D eigenvalue weighted by Crippen LogP contribution is -2.42. The van der Waals surface area contributed by atoms with E-state index in [1.807, 2.05) is 6.92 Å². The zero-order valence-electron chi connectivity index (χ0n) is 12.9. The molecule has 3 nitrogen and oxygen atoms in total. The Morgan fingerprint density at radius 3 is 2.56 bits per heavy atom. The third-order valence-electron chi connectivity index (χ3n) is 3.80. The summed E-state index contributed by atoms with van der Waals surface area (Å²) < 4.78 is 0. The molecule has 18 heavy (non-hydrogen) atoms. The fourth-order valence-corrected chi connectivity index (χ4v) is 2.62. The molecule has 1 saturated heterocycles. The van der Waals surface area contributed by atoms with Crippen LogP contribution in [0.5, 0.6) is 0 Å². The minimum Gasteiger partial charge on any atom is -0.390 e. The quantitative estimate of drug-likeness (QED) is 0.792. The van der Waals surface area contributed by atoms with Gasteiger partial charge in [-0.15, -0.1) is 0 Å². The van der Waals surface area contributed by atoms with E-state index in [0.29, 0.717) is 11.5 Å². The Morgan fingerprint density at radius 1 is 1.28 bits per heavy atom. The van der Waals surface area contributed by atoms with E-state index in [9.17, 15) is 5.11 Å². The molecule has 1 unspecified atom stereocenters. The van der Waals surface area contributed by atoms with E-state index in [2.05, 4.69) is 37.9 Å². The third kappa shape index (κ3) is 6.17. The lowest BCUT2D eigenvalue weighted by molar-refractivity contribution is 0.0432. The zero-order valence-corrected chi connectivity index (χ0v) is 12.9. The lowest BCUT2D eigenvalue weighted by Gasteiger charge is -2.33. The average molecular weight is 256 g/mol. The number of rotatable bonds is 5. The van der Waals surface area contributed by atoms with Gasteiger partial charge in [0.2, 0.25) is 0 Å². The van der Waals surface area contributed by atoms with Gasteiger partial charge in [-0.1, -0.05) is 27.7 Å². The first-order valence-electron chi connectivity index (χ1n) is 7.38. The Kier molecular flexibility index (Phi) is 5.63. The third-order valence-corrected chi connectivity index (χ3v) is 3.80. The van der Waals surface area contributed by atoms with Crippen LogP contribution >= 0.6 is 0 Å². The molecule has 0 aromatic heterocycles. The smallest absolute Gasteiger partial charge is 0.0632 e. The Hall–Kier alpha value is -0.120. The molecular weight excluding hydrogens is 224 g/mol. The molecule has 0 amide bonds. The van der Waals surface area contributed by atoms with Crippen molar-refractivity contribution in [2.75, 3.05) is 26.2 Å². The molecule has 0 aromatic rings. The van der Waals surface area contributed by atoms with Crippen molar-refractivity contribution in [3.8, 4) is 0 Å². The van der Waals surface area contributed by atoms with Crippen LogP contribution in [0.1, 0.15) is 53.9 Å². The number of likely N-dealkylation sites (tertiary alicyclic amines) is 1. The summed E-state index contributed by atoms with van der Waals surface area (Å²) in [5.74, 6) is 0. The van der Waals surface area contributed by atoms with Gasteiger partial charge in [-0.05, 0) is 38.1 Å². The van der Waals surface area contributed by atoms with E-state index in [1.165, 1.54) is 0 Å². The largest absolute Gasteiger partial charge is 0.390 e. The summed E-state index contributed by atoms with van der Waals surface area (Å²) in [5, 5.41) is 13.6. The second-order valence-corrected chi connectivity index (χ2v) is 7.33. The second kappa shape index (κ2) is 6.36. The first kappa shape index (κ1) is 15.9. The Morgan fingerprint density at radius 2 is 1.94 bits per heavy atom. The molecule has 1 heterocycles. The molecule has 0 spiro atoms. The molecule has 1 aliphatic heterocycles. The van der Waals surface area contributed by atoms with Gasteiger partial charge in [-0.2, -0.15) is 0 Å². The summed E-state index contributed by atoms with van der Waals surface area (Å²) >= 11 is 0. The van der Waals surface area contributed by atoms with Gasteiger partial charge in [-0.25, -0.2) is 0 Å². The highest BCUT2D eigenvalue weighted by Gasteiger charge is 2.28. The van der Waals surface area contributed by atoms with Crippen molar-refractivity contribution in [3.05, 3.63) is 0 Å². The predicted molar refractivity (Wildman–Crippen MR) is 77.8 cm³/mol. The minimum atomic E-state index is -0.449. The Labute approximate surface area is 113 Å². The van der Waals surface area contributed by atoms with E-state index >= 15 is 0 Å². The SMILES string of the molecule is CC(C)NCC(C)(C)CN1CCCC(C)(O)CC1. The van der Waals surface area contributed by atoms with E-state index < -0.39 is 5.60 Å². The van der Waals surface area contributed by atoms with Crippen LogP contribution in [0.25, 0.3) is 0 Å². The van der Waals surface area contributed by atoms with Crippen LogP contribution in [0.4, 0.5) is 0 Å². The summed E-state index contributed by atoms with van der Waals surface area (Å²) in [5.41, 5.74) is -0.157. The molecule has 108 valence electrons. The number of hydrogen-bond acceptors (Lipinski definition) is 3. The lowest BCUT2D eigenvalue weighted by atomic mass is 9.92. The molecular formula is C15H32N2O. The van der Waals surface area contributed by atoms with E-state index in [-0.39, 0.29) is 0 Å². The molecule has 3 heteroatoms. The highest BCUT2D eigenvalue weighted by atomic mass is 16.3. The highest BCUT2D eigenvalue weighted by molar-refractivity contribution is 4.83. The van der Waals surface area contributed by atoms with E-state index in [0.717, 1.165) is 45.4 Å². The van der Waals surface area contributed by atoms with Crippen LogP contribution in [0.2, 0.25) is 0 Å². The van der Waals surface area contributed by atoms with Gasteiger partial charge < -0.3 is 15.3 Å². The van der Waals surface area contributed by atoms with E-state index in [1.54, 1.807) is 0 Å². The van der Waals surface area contributed by atoms with Gasteiger partial charge in [-0.3, -0.25) is 0 Å². The van der Waals surface area contributed by atoms with E-state index in [4.69, 9.17) is 0 Å². The average Bonchev–Trinajstić information content (AvgIpc) is 2.37. The van der Waals surface area contributed by atoms with Crippen LogP contribution in [-0.4, -0.2) is 47.8 Å². The minimum absolute atomic E-state index is 0.292. The van der Waals surface area contributed by atoms with Crippen molar-refractivity contribution in [1.29, 1.82) is 0 Å². The first-order valence-corrected chi connectivity index (χ1v) is 7.38. The maximum Gasteiger partial charge on any atom is 0.0632 e. The molecule has 0 radical (unpaired) electrons. The molecule has 1 atom stereocenters. The number of aliphatic hydroxyl groups is 1. The fourth-order valence-electron chi connectivity index (χ4n) is 2.62. The van der Waals surface area contributed by atoms with Gasteiger partial charge in [0.05, 0.1) is 5.60 Å². The van der Waals surface area contributed by atoms with Gasteiger partial charge >= 0.3 is 0 Å². The van der Waals surface area contributed by atoms with Crippen molar-refractivity contribution < 1.29 is 5.11 Å². The Balaban J connectivity index is 2.41. The Bertz CT molecular complexity index is 249. The zero-order chi connectivity index (χ0) is 13.8. The maximum atomic E-state index is 10.1. The van der Waals surface area contributed by atoms with Crippen molar-refractivity contribution in [2.24, 2.45) is 5.41 Å². The summed E-state index contributed by atoms with van der Waals surface area (Å²) in [7, 11) is 0. The topological polar surface area (TPSA) is 35.5 Å². The normalized spacial score (nSPS) is 27.5. The standard InChI is InChI=1S/C15H32N2O/c1-13(2)16-11-14(3,4)12-17-9-6-7-15(5,18)8-10-17/h13,16,18H,6-12H2,1-5H3. The summed E-state index contributed by atoms with van der Waals surface area (Å²) in [6, 6.07) is 0.550. The molecule has 1 fully saturated rings. The van der Waals surface area contributed by atoms with Crippen molar-refractivity contribution >= 4 is 0 Å². The highest BCUT2D eigenvalue weighted by Crippen LogP contribution is 2.24. The summed E-state index contributed by atoms with van der Waals surface area (Å²) in [6.07, 6.45) is 2.95. The monoisotopic (exact) mass is 256 g/mol. The van der Waals surface area contributed by atoms with Gasteiger partial charge in [0, 0.05) is 25.7 Å². The van der Waals surface area contributed by atoms with Crippen molar-refractivity contribution in [2.45, 2.75) is 65.5 Å². The van der Waals surface area contributed by atoms with Gasteiger partial charge in [0.1, 0.15) is 0 Å². The van der Waals surface area contributed by atoms with Crippen LogP contribution in [-0.2, 0) is 0 Å². The van der Waals surface area contributed by atoms with Crippen LogP contribution in [0.15, 0.2) is 0 Å². The molecule has 0 aliphatic carbocycles. The van der Waals surface area contributed by atoms with Crippen LogP contribution in [0, 0.1) is 5.41 Å². The molecule has 0 aromatic carbocycles. The first-order chi connectivity index (χ1) is 8.20. The number of nitrogens with one attached hydrogen (secondary N) is 1. The number of hydrogen-bond donors (Lipinski definition) is 2. The maximum absolute atomic E-state index is 10.1. The molecule has 0 bridgehead atoms. The molecule has 0 saturated carbocycles. The number of nitrogens with zero attached hydrogens (tertiary/aromatic N) is 1. The summed E-state index contributed by atoms with van der Waals surface area (Å²) in [6.45, 7) is 15.3. The molecule has 2 N–H and O–H groups in total. The molecule has 1 aliphatic rings. The summed E-state index contributed by atoms with van der Waals surface area (Å²) in [4.78, 5) is 2.52. The van der Waals surface area contributed by atoms with Crippen LogP contribution in [0.3, 0.4) is 0 Å². The molecule has 1 rings (SSSR count). The predicted octanol–water partition coefficient (Wildman–Crippen LogP) is 2.25. The van der Waals surface area contributed by atoms with Gasteiger partial charge in [0.15, 0.2) is 0 Å². The van der Waals surface area contributed by atoms with Crippen LogP contribution < -0.4 is 5.32 Å². The van der Waals surface area contributed by atoms with Gasteiger partial charge in [0.25, 0.3) is 0 Å². The fraction of sp³-hybridized carbons (Fsp3) is 1.00. The van der Waals surface area contributed by atoms with Crippen molar-refractivity contribution in [3.63, 3.8) is 0 Å².